The van der Waals surface area contributed by atoms with E-state index in [4.69, 9.17) is 4.99 Å². The zero-order valence-electron chi connectivity index (χ0n) is 17.4. The molecule has 154 valence electrons. The lowest BCUT2D eigenvalue weighted by Crippen LogP contribution is -2.54. The number of carbonyl (C=O) groups excluding carboxylic acids is 1. The minimum Gasteiger partial charge on any atom is -0.317 e. The molecule has 0 saturated carbocycles. The average molecular weight is 394 g/mol. The number of benzene rings is 1. The first-order valence-electron chi connectivity index (χ1n) is 11.0. The molecule has 1 amide bonds. The predicted molar refractivity (Wildman–Crippen MR) is 114 cm³/mol. The van der Waals surface area contributed by atoms with Gasteiger partial charge in [0.05, 0.1) is 18.7 Å². The van der Waals surface area contributed by atoms with Gasteiger partial charge >= 0.3 is 0 Å². The van der Waals surface area contributed by atoms with Crippen molar-refractivity contribution in [1.82, 2.24) is 20.0 Å². The van der Waals surface area contributed by atoms with Crippen molar-refractivity contribution in [3.05, 3.63) is 46.7 Å². The van der Waals surface area contributed by atoms with Crippen LogP contribution < -0.4 is 5.32 Å². The van der Waals surface area contributed by atoms with E-state index in [1.807, 2.05) is 4.90 Å². The highest BCUT2D eigenvalue weighted by atomic mass is 16.2. The van der Waals surface area contributed by atoms with E-state index in [1.165, 1.54) is 29.7 Å². The third-order valence-electron chi connectivity index (χ3n) is 6.85. The van der Waals surface area contributed by atoms with Crippen molar-refractivity contribution in [2.24, 2.45) is 10.9 Å². The number of aliphatic imine (C=N–C) groups is 1. The summed E-state index contributed by atoms with van der Waals surface area (Å²) in [6.07, 6.45) is 3.46. The van der Waals surface area contributed by atoms with Crippen LogP contribution in [0.15, 0.2) is 40.5 Å². The van der Waals surface area contributed by atoms with Gasteiger partial charge in [-0.15, -0.1) is 0 Å². The number of carbonyl (C=O) groups is 1. The van der Waals surface area contributed by atoms with Crippen LogP contribution >= 0.6 is 0 Å². The van der Waals surface area contributed by atoms with E-state index in [1.54, 1.807) is 0 Å². The molecule has 1 N–H and O–H groups in total. The summed E-state index contributed by atoms with van der Waals surface area (Å²) < 4.78 is 0. The van der Waals surface area contributed by atoms with Crippen molar-refractivity contribution in [2.75, 3.05) is 45.8 Å². The number of nitrogens with zero attached hydrogens (tertiary/aromatic N) is 4. The predicted octanol–water partition coefficient (Wildman–Crippen LogP) is 1.97. The first kappa shape index (κ1) is 18.8. The molecule has 4 aliphatic rings. The summed E-state index contributed by atoms with van der Waals surface area (Å²) in [5, 5.41) is 3.45. The van der Waals surface area contributed by atoms with Crippen molar-refractivity contribution in [3.63, 3.8) is 0 Å². The number of hydrogen-bond donors (Lipinski definition) is 1. The molecule has 0 bridgehead atoms. The number of guanidine groups is 1. The van der Waals surface area contributed by atoms with Crippen molar-refractivity contribution in [3.8, 4) is 0 Å². The molecule has 29 heavy (non-hydrogen) atoms. The van der Waals surface area contributed by atoms with E-state index in [0.717, 1.165) is 69.7 Å². The summed E-state index contributed by atoms with van der Waals surface area (Å²) in [4.78, 5) is 25.0. The Kier molecular flexibility index (Phi) is 5.14. The summed E-state index contributed by atoms with van der Waals surface area (Å²) in [7, 11) is 0. The molecule has 0 aromatic heterocycles. The molecule has 6 heteroatoms. The van der Waals surface area contributed by atoms with Crippen molar-refractivity contribution in [1.29, 1.82) is 0 Å². The van der Waals surface area contributed by atoms with Crippen LogP contribution in [0.25, 0.3) is 0 Å². The third kappa shape index (κ3) is 3.60. The van der Waals surface area contributed by atoms with Crippen molar-refractivity contribution < 1.29 is 4.79 Å². The molecule has 0 aliphatic carbocycles. The number of amides is 1. The minimum atomic E-state index is 0.162. The Labute approximate surface area is 173 Å². The topological polar surface area (TPSA) is 51.2 Å². The number of rotatable bonds is 4. The van der Waals surface area contributed by atoms with E-state index in [2.05, 4.69) is 46.3 Å². The van der Waals surface area contributed by atoms with Gasteiger partial charge in [0, 0.05) is 38.3 Å². The second kappa shape index (κ2) is 7.92. The fourth-order valence-corrected chi connectivity index (χ4v) is 5.16. The molecule has 6 nitrogen and oxygen atoms in total. The zero-order chi connectivity index (χ0) is 19.8. The first-order chi connectivity index (χ1) is 14.2. The monoisotopic (exact) mass is 393 g/mol. The van der Waals surface area contributed by atoms with Gasteiger partial charge < -0.3 is 10.2 Å². The number of fused-ring (bicyclic) bond motifs is 2. The Balaban J connectivity index is 1.38. The normalized spacial score (nSPS) is 23.3. The van der Waals surface area contributed by atoms with Crippen LogP contribution in [-0.2, 0) is 11.3 Å². The van der Waals surface area contributed by atoms with Gasteiger partial charge in [-0.2, -0.15) is 0 Å². The van der Waals surface area contributed by atoms with Crippen LogP contribution in [0.1, 0.15) is 30.4 Å². The molecule has 1 aromatic rings. The van der Waals surface area contributed by atoms with Crippen molar-refractivity contribution in [2.45, 2.75) is 32.7 Å². The lowest BCUT2D eigenvalue weighted by Gasteiger charge is -2.43. The van der Waals surface area contributed by atoms with Gasteiger partial charge in [-0.1, -0.05) is 24.3 Å². The summed E-state index contributed by atoms with van der Waals surface area (Å²) in [5.41, 5.74) is 4.65. The van der Waals surface area contributed by atoms with Crippen LogP contribution in [0.5, 0.6) is 0 Å². The van der Waals surface area contributed by atoms with E-state index >= 15 is 0 Å². The Morgan fingerprint density at radius 3 is 2.83 bits per heavy atom. The van der Waals surface area contributed by atoms with Crippen LogP contribution in [-0.4, -0.2) is 72.4 Å². The number of piperidine rings is 1. The highest BCUT2D eigenvalue weighted by molar-refractivity contribution is 6.09. The molecule has 0 atom stereocenters. The van der Waals surface area contributed by atoms with Gasteiger partial charge in [-0.3, -0.25) is 19.6 Å². The van der Waals surface area contributed by atoms with Gasteiger partial charge in [0.25, 0.3) is 5.91 Å². The van der Waals surface area contributed by atoms with E-state index in [9.17, 15) is 4.79 Å². The van der Waals surface area contributed by atoms with E-state index in [-0.39, 0.29) is 5.91 Å². The average Bonchev–Trinajstić information content (AvgIpc) is 3.23. The molecular formula is C23H31N5O. The van der Waals surface area contributed by atoms with Gasteiger partial charge in [0.1, 0.15) is 0 Å². The first-order valence-corrected chi connectivity index (χ1v) is 11.0. The number of hydrogen-bond acceptors (Lipinski definition) is 5. The molecule has 4 aliphatic heterocycles. The van der Waals surface area contributed by atoms with Crippen LogP contribution in [0, 0.1) is 12.8 Å². The van der Waals surface area contributed by atoms with Crippen LogP contribution in [0.3, 0.4) is 0 Å². The molecule has 1 fully saturated rings. The third-order valence-corrected chi connectivity index (χ3v) is 6.85. The quantitative estimate of drug-likeness (QED) is 0.850. The fourth-order valence-electron chi connectivity index (χ4n) is 5.16. The molecule has 1 saturated heterocycles. The summed E-state index contributed by atoms with van der Waals surface area (Å²) in [5.74, 6) is 1.78. The zero-order valence-corrected chi connectivity index (χ0v) is 17.4. The largest absolute Gasteiger partial charge is 0.317 e. The number of nitrogens with one attached hydrogen (secondary N) is 1. The summed E-state index contributed by atoms with van der Waals surface area (Å²) in [6.45, 7) is 9.61. The number of aryl methyl sites for hydroxylation is 1. The summed E-state index contributed by atoms with van der Waals surface area (Å²) in [6, 6.07) is 8.34. The fraction of sp³-hybridized carbons (Fsp3) is 0.565. The van der Waals surface area contributed by atoms with Gasteiger partial charge in [0.2, 0.25) is 5.96 Å². The Bertz CT molecular complexity index is 855. The van der Waals surface area contributed by atoms with Gasteiger partial charge in [0.15, 0.2) is 0 Å². The van der Waals surface area contributed by atoms with Crippen LogP contribution in [0.4, 0.5) is 0 Å². The maximum absolute atomic E-state index is 13.6. The highest BCUT2D eigenvalue weighted by Gasteiger charge is 2.41. The molecule has 0 spiro atoms. The molecular weight excluding hydrogens is 362 g/mol. The molecule has 4 heterocycles. The SMILES string of the molecule is Cc1ccccc1CN1C(=O)C2=C(CCN(CC3CCNCC3)C2)N2CCN=C12. The summed E-state index contributed by atoms with van der Waals surface area (Å²) >= 11 is 0. The Morgan fingerprint density at radius 2 is 2.00 bits per heavy atom. The van der Waals surface area contributed by atoms with E-state index < -0.39 is 0 Å². The minimum absolute atomic E-state index is 0.162. The van der Waals surface area contributed by atoms with Crippen LogP contribution in [0.2, 0.25) is 0 Å². The second-order valence-electron chi connectivity index (χ2n) is 8.75. The molecule has 5 rings (SSSR count). The Hall–Kier alpha value is -2.18. The lowest BCUT2D eigenvalue weighted by atomic mass is 9.95. The standard InChI is InChI=1S/C23H31N5O/c1-17-4-2-3-5-19(17)15-28-22(29)20-16-26(14-18-6-9-24-10-7-18)12-8-21(20)27-13-11-25-23(27)28/h2-5,18,24H,6-16H2,1H3. The maximum atomic E-state index is 13.6. The smallest absolute Gasteiger partial charge is 0.259 e. The highest BCUT2D eigenvalue weighted by Crippen LogP contribution is 2.32. The molecule has 1 aromatic carbocycles. The van der Waals surface area contributed by atoms with Gasteiger partial charge in [-0.25, -0.2) is 0 Å². The Morgan fingerprint density at radius 1 is 1.17 bits per heavy atom. The van der Waals surface area contributed by atoms with Crippen molar-refractivity contribution >= 4 is 11.9 Å². The maximum Gasteiger partial charge on any atom is 0.259 e. The molecule has 0 radical (unpaired) electrons. The van der Waals surface area contributed by atoms with E-state index in [0.29, 0.717) is 6.54 Å². The van der Waals surface area contributed by atoms with Gasteiger partial charge in [-0.05, 0) is 49.9 Å². The lowest BCUT2D eigenvalue weighted by molar-refractivity contribution is -0.125. The molecule has 0 unspecified atom stereocenters. The second-order valence-corrected chi connectivity index (χ2v) is 8.75.